The predicted molar refractivity (Wildman–Crippen MR) is 124 cm³/mol. The molecule has 2 aromatic carbocycles. The fraction of sp³-hybridized carbons (Fsp3) is 0.409. The predicted octanol–water partition coefficient (Wildman–Crippen LogP) is 5.29. The molecule has 1 amide bonds. The van der Waals surface area contributed by atoms with Gasteiger partial charge < -0.3 is 5.32 Å². The molecule has 0 aromatic heterocycles. The van der Waals surface area contributed by atoms with Gasteiger partial charge in [-0.05, 0) is 49.1 Å². The highest BCUT2D eigenvalue weighted by atomic mass is 35.5. The summed E-state index contributed by atoms with van der Waals surface area (Å²) < 4.78 is 27.9. The van der Waals surface area contributed by atoms with Gasteiger partial charge in [0.25, 0.3) is 10.0 Å². The first kappa shape index (κ1) is 24.5. The quantitative estimate of drug-likeness (QED) is 0.569. The monoisotopic (exact) mass is 470 g/mol. The lowest BCUT2D eigenvalue weighted by Crippen LogP contribution is -2.47. The Bertz CT molecular complexity index is 962. The van der Waals surface area contributed by atoms with Crippen molar-refractivity contribution in [2.75, 3.05) is 10.8 Å². The third kappa shape index (κ3) is 6.13. The van der Waals surface area contributed by atoms with Crippen LogP contribution in [-0.2, 0) is 14.8 Å². The van der Waals surface area contributed by atoms with Gasteiger partial charge in [0.2, 0.25) is 5.91 Å². The first-order valence-corrected chi connectivity index (χ1v) is 12.0. The normalized spacial score (nSPS) is 11.9. The van der Waals surface area contributed by atoms with Crippen LogP contribution >= 0.6 is 23.2 Å². The van der Waals surface area contributed by atoms with Crippen LogP contribution in [0.4, 0.5) is 5.69 Å². The Morgan fingerprint density at radius 3 is 1.93 bits per heavy atom. The topological polar surface area (TPSA) is 66.5 Å². The zero-order chi connectivity index (χ0) is 22.6. The zero-order valence-electron chi connectivity index (χ0n) is 17.8. The van der Waals surface area contributed by atoms with Gasteiger partial charge in [0, 0.05) is 16.1 Å². The van der Waals surface area contributed by atoms with Crippen LogP contribution in [0.3, 0.4) is 0 Å². The van der Waals surface area contributed by atoms with Crippen LogP contribution in [0.2, 0.25) is 10.0 Å². The molecule has 2 aromatic rings. The first-order valence-electron chi connectivity index (χ1n) is 9.76. The van der Waals surface area contributed by atoms with Gasteiger partial charge in [0.05, 0.1) is 10.6 Å². The Hall–Kier alpha value is -1.76. The average Bonchev–Trinajstić information content (AvgIpc) is 2.63. The third-order valence-corrected chi connectivity index (χ3v) is 7.02. The summed E-state index contributed by atoms with van der Waals surface area (Å²) in [5.41, 5.74) is 1.16. The van der Waals surface area contributed by atoms with E-state index in [0.717, 1.165) is 9.87 Å². The molecule has 0 aliphatic carbocycles. The molecule has 5 nitrogen and oxygen atoms in total. The lowest BCUT2D eigenvalue weighted by Gasteiger charge is -2.29. The lowest BCUT2D eigenvalue weighted by atomic mass is 9.93. The number of sulfonamides is 1. The van der Waals surface area contributed by atoms with Crippen LogP contribution in [0.25, 0.3) is 0 Å². The van der Waals surface area contributed by atoms with Crippen LogP contribution < -0.4 is 9.62 Å². The van der Waals surface area contributed by atoms with Crippen LogP contribution in [0.15, 0.2) is 47.4 Å². The van der Waals surface area contributed by atoms with Crippen molar-refractivity contribution in [1.29, 1.82) is 0 Å². The Kier molecular flexibility index (Phi) is 8.20. The number of amides is 1. The maximum absolute atomic E-state index is 13.4. The van der Waals surface area contributed by atoms with Gasteiger partial charge in [-0.1, -0.05) is 68.6 Å². The molecule has 0 saturated carbocycles. The minimum absolute atomic E-state index is 0.0793. The number of benzene rings is 2. The van der Waals surface area contributed by atoms with E-state index in [-0.39, 0.29) is 45.1 Å². The molecule has 0 aliphatic heterocycles. The SMILES string of the molecule is Cc1ccc(S(=O)(=O)N(CC(=O)NC(C(C)C)C(C)C)c2cc(Cl)cc(Cl)c2)cc1. The van der Waals surface area contributed by atoms with Crippen molar-refractivity contribution in [2.24, 2.45) is 11.8 Å². The molecule has 0 fully saturated rings. The van der Waals surface area contributed by atoms with Crippen LogP contribution in [-0.4, -0.2) is 26.9 Å². The van der Waals surface area contributed by atoms with E-state index in [0.29, 0.717) is 0 Å². The van der Waals surface area contributed by atoms with Crippen molar-refractivity contribution in [1.82, 2.24) is 5.32 Å². The van der Waals surface area contributed by atoms with Crippen LogP contribution in [0.1, 0.15) is 33.3 Å². The second-order valence-corrected chi connectivity index (χ2v) is 10.8. The number of anilines is 1. The van der Waals surface area contributed by atoms with Crippen molar-refractivity contribution in [3.63, 3.8) is 0 Å². The van der Waals surface area contributed by atoms with Gasteiger partial charge in [0.15, 0.2) is 0 Å². The molecule has 0 aliphatic rings. The highest BCUT2D eigenvalue weighted by molar-refractivity contribution is 7.92. The number of carbonyl (C=O) groups is 1. The summed E-state index contributed by atoms with van der Waals surface area (Å²) in [5, 5.41) is 3.53. The van der Waals surface area contributed by atoms with Gasteiger partial charge in [-0.2, -0.15) is 0 Å². The van der Waals surface area contributed by atoms with Gasteiger partial charge >= 0.3 is 0 Å². The Morgan fingerprint density at radius 1 is 0.967 bits per heavy atom. The molecule has 0 spiro atoms. The summed E-state index contributed by atoms with van der Waals surface area (Å²) in [6, 6.07) is 10.9. The van der Waals surface area contributed by atoms with E-state index < -0.39 is 15.9 Å². The van der Waals surface area contributed by atoms with Crippen molar-refractivity contribution in [3.05, 3.63) is 58.1 Å². The molecule has 0 atom stereocenters. The second kappa shape index (κ2) is 10.0. The number of nitrogens with one attached hydrogen (secondary N) is 1. The van der Waals surface area contributed by atoms with Gasteiger partial charge in [-0.3, -0.25) is 9.10 Å². The highest BCUT2D eigenvalue weighted by Gasteiger charge is 2.29. The molecule has 0 heterocycles. The minimum atomic E-state index is -4.02. The van der Waals surface area contributed by atoms with Gasteiger partial charge in [-0.25, -0.2) is 8.42 Å². The molecule has 0 bridgehead atoms. The molecular weight excluding hydrogens is 443 g/mol. The Labute approximate surface area is 189 Å². The van der Waals surface area contributed by atoms with Gasteiger partial charge in [0.1, 0.15) is 6.54 Å². The maximum Gasteiger partial charge on any atom is 0.264 e. The molecule has 0 unspecified atom stereocenters. The summed E-state index contributed by atoms with van der Waals surface area (Å²) in [7, 11) is -4.02. The molecule has 164 valence electrons. The van der Waals surface area contributed by atoms with E-state index >= 15 is 0 Å². The summed E-state index contributed by atoms with van der Waals surface area (Å²) in [6.45, 7) is 9.55. The molecular formula is C22H28Cl2N2O3S. The second-order valence-electron chi connectivity index (χ2n) is 8.03. The van der Waals surface area contributed by atoms with E-state index in [1.165, 1.54) is 30.3 Å². The molecule has 0 saturated heterocycles. The van der Waals surface area contributed by atoms with E-state index in [4.69, 9.17) is 23.2 Å². The lowest BCUT2D eigenvalue weighted by molar-refractivity contribution is -0.121. The fourth-order valence-electron chi connectivity index (χ4n) is 3.30. The van der Waals surface area contributed by atoms with Crippen LogP contribution in [0.5, 0.6) is 0 Å². The number of aryl methyl sites for hydroxylation is 1. The van der Waals surface area contributed by atoms with E-state index in [9.17, 15) is 13.2 Å². The summed E-state index contributed by atoms with van der Waals surface area (Å²) >= 11 is 12.2. The molecule has 1 N–H and O–H groups in total. The highest BCUT2D eigenvalue weighted by Crippen LogP contribution is 2.29. The number of halogens is 2. The number of hydrogen-bond donors (Lipinski definition) is 1. The van der Waals surface area contributed by atoms with E-state index in [1.54, 1.807) is 12.1 Å². The summed E-state index contributed by atoms with van der Waals surface area (Å²) in [4.78, 5) is 12.9. The molecule has 2 rings (SSSR count). The number of rotatable bonds is 8. The van der Waals surface area contributed by atoms with E-state index in [2.05, 4.69) is 5.32 Å². The third-order valence-electron chi connectivity index (χ3n) is 4.80. The standard InChI is InChI=1S/C22H28Cl2N2O3S/c1-14(2)22(15(3)4)25-21(27)13-26(19-11-17(23)10-18(24)12-19)30(28,29)20-8-6-16(5)7-9-20/h6-12,14-15,22H,13H2,1-5H3,(H,25,27). The number of carbonyl (C=O) groups excluding carboxylic acids is 1. The zero-order valence-corrected chi connectivity index (χ0v) is 20.1. The Balaban J connectivity index is 2.46. The Morgan fingerprint density at radius 2 is 1.47 bits per heavy atom. The van der Waals surface area contributed by atoms with Gasteiger partial charge in [-0.15, -0.1) is 0 Å². The van der Waals surface area contributed by atoms with Crippen molar-refractivity contribution in [2.45, 2.75) is 45.6 Å². The minimum Gasteiger partial charge on any atom is -0.351 e. The fourth-order valence-corrected chi connectivity index (χ4v) is 5.22. The van der Waals surface area contributed by atoms with E-state index in [1.807, 2.05) is 34.6 Å². The van der Waals surface area contributed by atoms with Crippen LogP contribution in [0, 0.1) is 18.8 Å². The van der Waals surface area contributed by atoms with Crippen molar-refractivity contribution in [3.8, 4) is 0 Å². The maximum atomic E-state index is 13.4. The molecule has 8 heteroatoms. The summed E-state index contributed by atoms with van der Waals surface area (Å²) in [6.07, 6.45) is 0. The first-order chi connectivity index (χ1) is 13.9. The smallest absolute Gasteiger partial charge is 0.264 e. The molecule has 30 heavy (non-hydrogen) atoms. The van der Waals surface area contributed by atoms with Crippen molar-refractivity contribution < 1.29 is 13.2 Å². The average molecular weight is 471 g/mol. The van der Waals surface area contributed by atoms with Crippen molar-refractivity contribution >= 4 is 44.8 Å². The number of nitrogens with zero attached hydrogens (tertiary/aromatic N) is 1. The molecule has 0 radical (unpaired) electrons. The largest absolute Gasteiger partial charge is 0.351 e. The number of hydrogen-bond acceptors (Lipinski definition) is 3. The summed E-state index contributed by atoms with van der Waals surface area (Å²) in [5.74, 6) is 0.0163.